The van der Waals surface area contributed by atoms with Crippen LogP contribution in [0.15, 0.2) is 207 Å². The van der Waals surface area contributed by atoms with E-state index in [-0.39, 0.29) is 38.8 Å². The minimum absolute atomic E-state index is 0.159. The van der Waals surface area contributed by atoms with Crippen molar-refractivity contribution in [3.05, 3.63) is 246 Å². The number of thioether (sulfide) groups is 1. The Kier molecular flexibility index (Phi) is 28.5. The van der Waals surface area contributed by atoms with E-state index in [2.05, 4.69) is 46.9 Å². The number of guanidine groups is 1. The first-order chi connectivity index (χ1) is 56.1. The number of para-hydroxylation sites is 1. The molecule has 0 aliphatic carbocycles. The predicted molar refractivity (Wildman–Crippen MR) is 448 cm³/mol. The number of imide groups is 1. The Hall–Kier alpha value is -12.7. The van der Waals surface area contributed by atoms with E-state index in [0.29, 0.717) is 65.2 Å². The fourth-order valence-corrected chi connectivity index (χ4v) is 15.6. The lowest BCUT2D eigenvalue weighted by Gasteiger charge is -2.48. The van der Waals surface area contributed by atoms with Gasteiger partial charge in [0, 0.05) is 74.9 Å². The second-order valence-corrected chi connectivity index (χ2v) is 32.9. The Morgan fingerprint density at radius 1 is 0.636 bits per heavy atom. The highest BCUT2D eigenvalue weighted by molar-refractivity contribution is 8.00. The van der Waals surface area contributed by atoms with Crippen molar-refractivity contribution in [1.82, 2.24) is 61.6 Å². The molecular formula is C88H103N15O14S. The molecule has 0 saturated carbocycles. The molecule has 0 bridgehead atoms. The topological polar surface area (TPSA) is 418 Å². The third-order valence-corrected chi connectivity index (χ3v) is 20.7. The molecular weight excluding hydrogens is 1520 g/mol. The zero-order chi connectivity index (χ0) is 85.3. The molecule has 118 heavy (non-hydrogen) atoms. The van der Waals surface area contributed by atoms with Gasteiger partial charge in [0.1, 0.15) is 46.5 Å². The molecule has 0 spiro atoms. The average Bonchev–Trinajstić information content (AvgIpc) is 0.885. The molecule has 29 nitrogen and oxygen atoms in total. The van der Waals surface area contributed by atoms with Gasteiger partial charge in [0.25, 0.3) is 5.91 Å². The number of nitrogens with two attached hydrogens (primary N) is 2. The number of carbonyl (C=O) groups excluding carboxylic acids is 11. The van der Waals surface area contributed by atoms with Crippen molar-refractivity contribution in [2.45, 2.75) is 172 Å². The molecule has 7 aromatic carbocycles. The molecule has 9 aromatic rings. The number of carbonyl (C=O) groups is 11. The summed E-state index contributed by atoms with van der Waals surface area (Å²) in [5, 5.41) is 27.5. The number of nitrogens with zero attached hydrogens (tertiary/aromatic N) is 4. The van der Waals surface area contributed by atoms with Gasteiger partial charge in [-0.25, -0.2) is 24.3 Å². The molecule has 7 atom stereocenters. The third kappa shape index (κ3) is 22.1. The van der Waals surface area contributed by atoms with Gasteiger partial charge in [-0.15, -0.1) is 11.8 Å². The second-order valence-electron chi connectivity index (χ2n) is 31.9. The first-order valence-electron chi connectivity index (χ1n) is 38.8. The summed E-state index contributed by atoms with van der Waals surface area (Å²) in [6, 6.07) is 44.4. The largest absolute Gasteiger partial charge is 0.444 e. The minimum atomic E-state index is -2.56. The first kappa shape index (κ1) is 87.7. The highest BCUT2D eigenvalue weighted by atomic mass is 32.2. The van der Waals surface area contributed by atoms with Gasteiger partial charge in [0.2, 0.25) is 29.5 Å². The van der Waals surface area contributed by atoms with Crippen LogP contribution in [0.2, 0.25) is 0 Å². The number of ketones is 2. The Morgan fingerprint density at radius 2 is 1.19 bits per heavy atom. The number of hydrogen-bond donors (Lipinski definition) is 11. The molecule has 2 aromatic heterocycles. The number of alkyl carbamates (subject to hydrolysis) is 1. The van der Waals surface area contributed by atoms with E-state index in [1.165, 1.54) is 59.7 Å². The molecule has 1 aliphatic heterocycles. The number of primary amides is 1. The average molecular weight is 1630 g/mol. The molecule has 3 unspecified atom stereocenters. The number of aromatic nitrogens is 3. The number of Topliss-reactive ketones (excluding diaryl/α,β-unsaturated/α-hetero) is 2. The predicted octanol–water partition coefficient (Wildman–Crippen LogP) is 9.12. The van der Waals surface area contributed by atoms with Crippen LogP contribution in [0.4, 0.5) is 14.4 Å². The standard InChI is InChI=1S/C88H103N15O14S/c1-55(104)103(88(60-34-17-12-18-35-60,61-36-19-13-20-37-61)62-38-21-14-22-39-62)71(47-63-50-92-54-95-63)78(110)97-68(45-56-29-15-11-16-30-56)77(109)100-87(96-49-58-33-27-32-57-31-23-24-40-64(57)58)53-118-52-72(105)101(73(76(89)108)75(107)67(99-81(112)115-84(2,3)4)46-59-48-94-66-42-26-25-41-65(59)66)51-69(98-79(87)111)74(106)70(43-28-44-93-80(90)91)102(82(113)116-85(5,6)7)83(114)117-86(8,9)10/h11-27,29-42,48,50,54,67-71,73,94,96H,28,43-47,49,51-53H2,1-10H3,(H2,89,108)(H,92,95)(H,97,110)(H,98,111)(H,99,112)(H,100,109)(H4,90,91,93)/t67-,68+,69?,70-,71-,73?,87?/m0/s1. The van der Waals surface area contributed by atoms with Gasteiger partial charge >= 0.3 is 18.3 Å². The van der Waals surface area contributed by atoms with E-state index in [9.17, 15) is 9.59 Å². The van der Waals surface area contributed by atoms with Gasteiger partial charge in [-0.05, 0) is 125 Å². The van der Waals surface area contributed by atoms with Gasteiger partial charge in [0.05, 0.1) is 23.8 Å². The van der Waals surface area contributed by atoms with Crippen LogP contribution in [0.5, 0.6) is 0 Å². The molecule has 9 amide bonds. The summed E-state index contributed by atoms with van der Waals surface area (Å²) in [6.45, 7) is 13.5. The molecule has 30 heteroatoms. The van der Waals surface area contributed by atoms with E-state index >= 15 is 43.2 Å². The molecule has 1 saturated heterocycles. The van der Waals surface area contributed by atoms with E-state index < -0.39 is 160 Å². The monoisotopic (exact) mass is 1630 g/mol. The van der Waals surface area contributed by atoms with E-state index in [1.807, 2.05) is 121 Å². The van der Waals surface area contributed by atoms with Gasteiger partial charge in [-0.2, -0.15) is 0 Å². The van der Waals surface area contributed by atoms with Crippen LogP contribution in [0.25, 0.3) is 21.7 Å². The van der Waals surface area contributed by atoms with Gasteiger partial charge in [-0.3, -0.25) is 49.1 Å². The number of imidazole rings is 1. The fraction of sp³-hybridized carbons (Fsp3) is 0.352. The summed E-state index contributed by atoms with van der Waals surface area (Å²) in [6.07, 6.45) is -0.877. The van der Waals surface area contributed by atoms with Crippen molar-refractivity contribution in [2.75, 3.05) is 24.6 Å². The number of benzene rings is 7. The number of nitrogens with one attached hydrogen (secondary N) is 9. The zero-order valence-corrected chi connectivity index (χ0v) is 68.5. The number of amides is 9. The fourth-order valence-electron chi connectivity index (χ4n) is 14.5. The van der Waals surface area contributed by atoms with Crippen molar-refractivity contribution in [2.24, 2.45) is 11.5 Å². The number of aromatic amines is 2. The maximum absolute atomic E-state index is 17.0. The molecule has 13 N–H and O–H groups in total. The summed E-state index contributed by atoms with van der Waals surface area (Å²) in [5.74, 6) is -10.6. The Morgan fingerprint density at radius 3 is 1.75 bits per heavy atom. The molecule has 3 heterocycles. The van der Waals surface area contributed by atoms with Crippen LogP contribution in [0, 0.1) is 5.41 Å². The zero-order valence-electron chi connectivity index (χ0n) is 67.7. The third-order valence-electron chi connectivity index (χ3n) is 19.6. The number of rotatable bonds is 30. The van der Waals surface area contributed by atoms with Crippen molar-refractivity contribution in [3.8, 4) is 0 Å². The number of fused-ring (bicyclic) bond motifs is 2. The molecule has 10 rings (SSSR count). The summed E-state index contributed by atoms with van der Waals surface area (Å²) < 4.78 is 17.4. The summed E-state index contributed by atoms with van der Waals surface area (Å²) in [7, 11) is 0. The minimum Gasteiger partial charge on any atom is -0.444 e. The normalized spacial score (nSPS) is 16.1. The highest BCUT2D eigenvalue weighted by Gasteiger charge is 2.53. The van der Waals surface area contributed by atoms with Gasteiger partial charge in [0.15, 0.2) is 29.2 Å². The lowest BCUT2D eigenvalue weighted by molar-refractivity contribution is -0.147. The summed E-state index contributed by atoms with van der Waals surface area (Å²) in [4.78, 5) is 186. The van der Waals surface area contributed by atoms with Crippen molar-refractivity contribution in [1.29, 1.82) is 5.41 Å². The SMILES string of the molecule is CC(=O)N([C@@H](Cc1c[nH]cn1)C(=O)N[C@H](Cc1ccccc1)C(=O)NC1(NCc2cccc3ccccc23)CSCC(=O)N(C(C(N)=O)C(=O)[C@H](Cc2c[nH]c3ccccc23)NC(=O)OC(C)(C)C)CC(C(=O)[C@H](CCCNC(=N)N)N(C(=O)OC(C)(C)C)C(=O)OC(C)(C)C)NC1=O)C(c1ccccc1)(c1ccccc1)c1ccccc1. The Bertz CT molecular complexity index is 4940. The maximum Gasteiger partial charge on any atom is 0.420 e. The van der Waals surface area contributed by atoms with Crippen LogP contribution < -0.4 is 43.4 Å². The quantitative estimate of drug-likeness (QED) is 0.00380. The lowest BCUT2D eigenvalue weighted by atomic mass is 9.74. The van der Waals surface area contributed by atoms with Gasteiger partial charge in [-0.1, -0.05) is 182 Å². The van der Waals surface area contributed by atoms with Crippen molar-refractivity contribution < 1.29 is 67.0 Å². The van der Waals surface area contributed by atoms with Crippen LogP contribution in [0.3, 0.4) is 0 Å². The van der Waals surface area contributed by atoms with Gasteiger partial charge < -0.3 is 72.0 Å². The summed E-state index contributed by atoms with van der Waals surface area (Å²) >= 11 is 0.744. The van der Waals surface area contributed by atoms with Crippen LogP contribution >= 0.6 is 11.8 Å². The van der Waals surface area contributed by atoms with Crippen LogP contribution in [-0.2, 0) is 83.9 Å². The van der Waals surface area contributed by atoms with Crippen molar-refractivity contribution >= 4 is 105 Å². The van der Waals surface area contributed by atoms with Crippen LogP contribution in [0.1, 0.15) is 121 Å². The van der Waals surface area contributed by atoms with Crippen LogP contribution in [-0.4, -0.2) is 184 Å². The molecule has 620 valence electrons. The first-order valence-corrected chi connectivity index (χ1v) is 40.0. The maximum atomic E-state index is 17.0. The molecule has 1 aliphatic rings. The Balaban J connectivity index is 1.16. The number of ether oxygens (including phenoxy) is 3. The van der Waals surface area contributed by atoms with E-state index in [0.717, 1.165) is 17.1 Å². The smallest absolute Gasteiger partial charge is 0.420 e. The molecule has 0 radical (unpaired) electrons. The Labute approximate surface area is 689 Å². The lowest BCUT2D eigenvalue weighted by Crippen LogP contribution is -2.73. The molecule has 1 fully saturated rings. The second kappa shape index (κ2) is 38.4. The summed E-state index contributed by atoms with van der Waals surface area (Å²) in [5.41, 5.74) is 8.42. The van der Waals surface area contributed by atoms with E-state index in [4.69, 9.17) is 31.1 Å². The van der Waals surface area contributed by atoms with Crippen molar-refractivity contribution in [3.63, 3.8) is 0 Å². The number of hydrogen-bond acceptors (Lipinski definition) is 18. The number of H-pyrrole nitrogens is 2. The van der Waals surface area contributed by atoms with E-state index in [1.54, 1.807) is 99.9 Å². The highest BCUT2D eigenvalue weighted by Crippen LogP contribution is 2.45.